The summed E-state index contributed by atoms with van der Waals surface area (Å²) in [7, 11) is 3.19. The van der Waals surface area contributed by atoms with Crippen molar-refractivity contribution in [3.8, 4) is 0 Å². The molecule has 0 aromatic heterocycles. The Morgan fingerprint density at radius 3 is 2.07 bits per heavy atom. The summed E-state index contributed by atoms with van der Waals surface area (Å²) < 4.78 is 0. The predicted molar refractivity (Wildman–Crippen MR) is 50.6 cm³/mol. The van der Waals surface area contributed by atoms with Crippen LogP contribution in [-0.4, -0.2) is 42.9 Å². The summed E-state index contributed by atoms with van der Waals surface area (Å²) in [5.74, 6) is 0. The van der Waals surface area contributed by atoms with Crippen LogP contribution in [0.25, 0.3) is 0 Å². The fourth-order valence-electron chi connectivity index (χ4n) is 0.861. The van der Waals surface area contributed by atoms with E-state index in [0.29, 0.717) is 0 Å². The van der Waals surface area contributed by atoms with E-state index in [-0.39, 0.29) is 6.61 Å². The van der Waals surface area contributed by atoms with E-state index in [1.807, 2.05) is 0 Å². The second-order valence-corrected chi connectivity index (χ2v) is 4.40. The third kappa shape index (κ3) is 4.82. The van der Waals surface area contributed by atoms with Gasteiger partial charge in [0.05, 0.1) is 21.3 Å². The molecule has 6 nitrogen and oxygen atoms in total. The molecule has 7 heteroatoms. The van der Waals surface area contributed by atoms with Gasteiger partial charge in [0, 0.05) is 0 Å². The minimum atomic E-state index is -1.07. The summed E-state index contributed by atoms with van der Waals surface area (Å²) >= 11 is 0. The zero-order chi connectivity index (χ0) is 10.9. The molecule has 0 unspecified atom stereocenters. The van der Waals surface area contributed by atoms with Crippen molar-refractivity contribution < 1.29 is 29.3 Å². The SMILES string of the molecule is C=C[SiH2]C(COOC)(OOC)OOC. The van der Waals surface area contributed by atoms with Crippen LogP contribution in [0.3, 0.4) is 0 Å². The average molecular weight is 224 g/mol. The topological polar surface area (TPSA) is 55.4 Å². The number of rotatable bonds is 9. The van der Waals surface area contributed by atoms with Crippen LogP contribution in [-0.2, 0) is 29.3 Å². The largest absolute Gasteiger partial charge is 0.240 e. The Balaban J connectivity index is 4.28. The highest BCUT2D eigenvalue weighted by Crippen LogP contribution is 2.13. The molecule has 0 N–H and O–H groups in total. The van der Waals surface area contributed by atoms with Crippen molar-refractivity contribution in [3.05, 3.63) is 12.3 Å². The van der Waals surface area contributed by atoms with E-state index in [1.54, 1.807) is 5.70 Å². The summed E-state index contributed by atoms with van der Waals surface area (Å²) in [6, 6.07) is 0. The van der Waals surface area contributed by atoms with Gasteiger partial charge in [-0.3, -0.25) is 0 Å². The Morgan fingerprint density at radius 2 is 1.71 bits per heavy atom. The van der Waals surface area contributed by atoms with Gasteiger partial charge in [-0.2, -0.15) is 0 Å². The molecule has 0 saturated heterocycles. The molecule has 0 radical (unpaired) electrons. The minimum absolute atomic E-state index is 0.0451. The van der Waals surface area contributed by atoms with E-state index < -0.39 is 14.9 Å². The lowest BCUT2D eigenvalue weighted by atomic mass is 10.7. The van der Waals surface area contributed by atoms with E-state index in [4.69, 9.17) is 14.7 Å². The van der Waals surface area contributed by atoms with Gasteiger partial charge < -0.3 is 0 Å². The van der Waals surface area contributed by atoms with E-state index in [1.165, 1.54) is 21.3 Å². The molecule has 84 valence electrons. The lowest BCUT2D eigenvalue weighted by Gasteiger charge is -2.27. The molecule has 0 aliphatic heterocycles. The van der Waals surface area contributed by atoms with Gasteiger partial charge >= 0.3 is 0 Å². The van der Waals surface area contributed by atoms with Crippen LogP contribution in [0, 0.1) is 0 Å². The fourth-order valence-corrected chi connectivity index (χ4v) is 1.87. The standard InChI is InChI=1S/C7H16O6Si/c1-5-14-7(12-9-3,13-10-4)6-11-8-2/h5H,1,6,14H2,2-4H3. The first-order valence-corrected chi connectivity index (χ1v) is 5.47. The van der Waals surface area contributed by atoms with Crippen LogP contribution in [0.2, 0.25) is 0 Å². The molecule has 0 bridgehead atoms. The number of hydrogen-bond donors (Lipinski definition) is 0. The van der Waals surface area contributed by atoms with Crippen molar-refractivity contribution in [3.63, 3.8) is 0 Å². The maximum absolute atomic E-state index is 4.95. The molecule has 0 atom stereocenters. The minimum Gasteiger partial charge on any atom is -0.240 e. The summed E-state index contributed by atoms with van der Waals surface area (Å²) in [6.07, 6.45) is 0. The Labute approximate surface area is 85.3 Å². The Bertz CT molecular complexity index is 147. The van der Waals surface area contributed by atoms with Crippen molar-refractivity contribution in [2.75, 3.05) is 27.9 Å². The summed E-state index contributed by atoms with van der Waals surface area (Å²) in [5, 5.41) is 0. The normalized spacial score (nSPS) is 12.5. The molecular weight excluding hydrogens is 208 g/mol. The zero-order valence-corrected chi connectivity index (χ0v) is 10.1. The monoisotopic (exact) mass is 224 g/mol. The maximum Gasteiger partial charge on any atom is 0.239 e. The first kappa shape index (κ1) is 13.7. The van der Waals surface area contributed by atoms with Crippen molar-refractivity contribution in [1.29, 1.82) is 0 Å². The highest BCUT2D eigenvalue weighted by atomic mass is 28.2. The van der Waals surface area contributed by atoms with Crippen LogP contribution < -0.4 is 0 Å². The zero-order valence-electron chi connectivity index (χ0n) is 8.65. The average Bonchev–Trinajstić information content (AvgIpc) is 2.16. The van der Waals surface area contributed by atoms with Crippen LogP contribution in [0.1, 0.15) is 0 Å². The fraction of sp³-hybridized carbons (Fsp3) is 0.714. The van der Waals surface area contributed by atoms with Crippen LogP contribution in [0.15, 0.2) is 12.3 Å². The molecule has 0 aromatic rings. The lowest BCUT2D eigenvalue weighted by molar-refractivity contribution is -0.489. The van der Waals surface area contributed by atoms with E-state index in [2.05, 4.69) is 21.2 Å². The van der Waals surface area contributed by atoms with Gasteiger partial charge in [-0.25, -0.2) is 29.3 Å². The van der Waals surface area contributed by atoms with Gasteiger partial charge in [0.15, 0.2) is 0 Å². The molecule has 0 rings (SSSR count). The second-order valence-electron chi connectivity index (χ2n) is 2.33. The summed E-state index contributed by atoms with van der Waals surface area (Å²) in [6.45, 7) is 3.66. The van der Waals surface area contributed by atoms with Crippen molar-refractivity contribution in [2.45, 2.75) is 5.41 Å². The highest BCUT2D eigenvalue weighted by molar-refractivity contribution is 6.45. The lowest BCUT2D eigenvalue weighted by Crippen LogP contribution is -2.45. The van der Waals surface area contributed by atoms with Gasteiger partial charge in [-0.1, -0.05) is 0 Å². The third-order valence-corrected chi connectivity index (χ3v) is 2.67. The molecule has 0 aromatic carbocycles. The Kier molecular flexibility index (Phi) is 7.90. The van der Waals surface area contributed by atoms with Crippen LogP contribution in [0.5, 0.6) is 0 Å². The Hall–Kier alpha value is -0.283. The molecule has 0 spiro atoms. The van der Waals surface area contributed by atoms with Gasteiger partial charge in [-0.15, -0.1) is 12.3 Å². The first-order chi connectivity index (χ1) is 6.74. The quantitative estimate of drug-likeness (QED) is 0.232. The molecule has 0 aliphatic rings. The maximum atomic E-state index is 4.95. The van der Waals surface area contributed by atoms with Crippen molar-refractivity contribution in [2.24, 2.45) is 0 Å². The molecule has 0 aliphatic carbocycles. The summed E-state index contributed by atoms with van der Waals surface area (Å²) in [5.41, 5.74) is 0.651. The predicted octanol–water partition coefficient (Wildman–Crippen LogP) is -0.314. The molecule has 0 fully saturated rings. The van der Waals surface area contributed by atoms with E-state index in [0.717, 1.165) is 0 Å². The van der Waals surface area contributed by atoms with Crippen LogP contribution >= 0.6 is 0 Å². The number of hydrogen-bond acceptors (Lipinski definition) is 6. The van der Waals surface area contributed by atoms with Gasteiger partial charge in [-0.05, 0) is 0 Å². The molecule has 0 saturated carbocycles. The Morgan fingerprint density at radius 1 is 1.14 bits per heavy atom. The van der Waals surface area contributed by atoms with Crippen molar-refractivity contribution in [1.82, 2.24) is 0 Å². The molecular formula is C7H16O6Si. The smallest absolute Gasteiger partial charge is 0.239 e. The van der Waals surface area contributed by atoms with E-state index >= 15 is 0 Å². The molecule has 0 amide bonds. The highest BCUT2D eigenvalue weighted by Gasteiger charge is 2.35. The third-order valence-electron chi connectivity index (χ3n) is 1.32. The summed E-state index contributed by atoms with van der Waals surface area (Å²) in [4.78, 5) is 28.2. The van der Waals surface area contributed by atoms with Crippen molar-refractivity contribution >= 4 is 9.52 Å². The molecule has 0 heterocycles. The van der Waals surface area contributed by atoms with Gasteiger partial charge in [0.2, 0.25) is 5.41 Å². The van der Waals surface area contributed by atoms with E-state index in [9.17, 15) is 0 Å². The van der Waals surface area contributed by atoms with Gasteiger partial charge in [0.1, 0.15) is 16.1 Å². The first-order valence-electron chi connectivity index (χ1n) is 3.95. The molecule has 14 heavy (non-hydrogen) atoms. The van der Waals surface area contributed by atoms with Crippen LogP contribution in [0.4, 0.5) is 0 Å². The van der Waals surface area contributed by atoms with Gasteiger partial charge in [0.25, 0.3) is 0 Å². The second kappa shape index (κ2) is 8.06.